The van der Waals surface area contributed by atoms with E-state index >= 15 is 0 Å². The van der Waals surface area contributed by atoms with Crippen molar-refractivity contribution in [3.8, 4) is 5.88 Å². The molecule has 0 N–H and O–H groups in total. The largest absolute Gasteiger partial charge is 0.476 e. The summed E-state index contributed by atoms with van der Waals surface area (Å²) in [6, 6.07) is 0. The maximum absolute atomic E-state index is 11.8. The molecular weight excluding hydrogens is 317 g/mol. The molecule has 1 aromatic heterocycles. The second-order valence-corrected chi connectivity index (χ2v) is 6.60. The number of halogens is 2. The topological polar surface area (TPSA) is 64.5 Å². The lowest BCUT2D eigenvalue weighted by molar-refractivity contribution is -0.00807. The van der Waals surface area contributed by atoms with E-state index < -0.39 is 5.60 Å². The van der Waals surface area contributed by atoms with Crippen molar-refractivity contribution in [2.45, 2.75) is 26.4 Å². The number of hydrogen-bond acceptors (Lipinski definition) is 5. The van der Waals surface area contributed by atoms with Crippen molar-refractivity contribution in [2.24, 2.45) is 5.92 Å². The first-order valence-corrected chi connectivity index (χ1v) is 7.29. The van der Waals surface area contributed by atoms with Gasteiger partial charge in [0.05, 0.1) is 12.8 Å². The Kier molecular flexibility index (Phi) is 4.78. The van der Waals surface area contributed by atoms with Gasteiger partial charge in [-0.1, -0.05) is 11.6 Å². The summed E-state index contributed by atoms with van der Waals surface area (Å²) in [5.74, 6) is 0.481. The number of rotatable bonds is 3. The predicted molar refractivity (Wildman–Crippen MR) is 78.8 cm³/mol. The van der Waals surface area contributed by atoms with Crippen LogP contribution in [0.25, 0.3) is 0 Å². The van der Waals surface area contributed by atoms with Crippen molar-refractivity contribution in [1.82, 2.24) is 14.9 Å². The van der Waals surface area contributed by atoms with Crippen LogP contribution in [0.5, 0.6) is 5.88 Å². The Morgan fingerprint density at radius 3 is 2.71 bits per heavy atom. The lowest BCUT2D eigenvalue weighted by Gasteiger charge is -2.39. The lowest BCUT2D eigenvalue weighted by atomic mass is 10.0. The van der Waals surface area contributed by atoms with E-state index in [4.69, 9.17) is 32.7 Å². The van der Waals surface area contributed by atoms with Gasteiger partial charge in [0, 0.05) is 19.0 Å². The summed E-state index contributed by atoms with van der Waals surface area (Å²) in [5, 5.41) is 0.390. The van der Waals surface area contributed by atoms with Gasteiger partial charge in [-0.05, 0) is 32.4 Å². The smallest absolute Gasteiger partial charge is 0.410 e. The maximum Gasteiger partial charge on any atom is 0.410 e. The Bertz CT molecular complexity index is 528. The summed E-state index contributed by atoms with van der Waals surface area (Å²) < 4.78 is 10.8. The summed E-state index contributed by atoms with van der Waals surface area (Å²) in [4.78, 5) is 21.0. The number of ether oxygens (including phenoxy) is 2. The van der Waals surface area contributed by atoms with Crippen molar-refractivity contribution in [1.29, 1.82) is 0 Å². The Labute approximate surface area is 133 Å². The Morgan fingerprint density at radius 2 is 2.10 bits per heavy atom. The molecule has 0 saturated carbocycles. The first-order valence-electron chi connectivity index (χ1n) is 6.53. The van der Waals surface area contributed by atoms with E-state index in [2.05, 4.69) is 9.97 Å². The van der Waals surface area contributed by atoms with Gasteiger partial charge in [-0.25, -0.2) is 9.78 Å². The molecule has 0 atom stereocenters. The van der Waals surface area contributed by atoms with Gasteiger partial charge in [0.25, 0.3) is 0 Å². The molecule has 2 rings (SSSR count). The molecule has 116 valence electrons. The fourth-order valence-electron chi connectivity index (χ4n) is 1.78. The van der Waals surface area contributed by atoms with E-state index in [0.29, 0.717) is 24.7 Å². The molecule has 2 heterocycles. The van der Waals surface area contributed by atoms with Crippen molar-refractivity contribution >= 4 is 29.3 Å². The van der Waals surface area contributed by atoms with E-state index in [1.807, 2.05) is 20.8 Å². The minimum Gasteiger partial charge on any atom is -0.476 e. The number of hydrogen-bond donors (Lipinski definition) is 0. The molecule has 0 radical (unpaired) electrons. The normalized spacial score (nSPS) is 15.6. The van der Waals surface area contributed by atoms with Crippen LogP contribution >= 0.6 is 23.2 Å². The third-order valence-corrected chi connectivity index (χ3v) is 3.19. The van der Waals surface area contributed by atoms with Crippen molar-refractivity contribution in [2.75, 3.05) is 19.7 Å². The van der Waals surface area contributed by atoms with Crippen LogP contribution in [0.15, 0.2) is 6.20 Å². The standard InChI is InChI=1S/C13H17Cl2N3O3/c1-13(2,3)21-12(19)18-5-8(6-18)7-20-10-9(14)4-16-11(15)17-10/h4,8H,5-7H2,1-3H3. The number of carbonyl (C=O) groups is 1. The predicted octanol–water partition coefficient (Wildman–Crippen LogP) is 3.03. The van der Waals surface area contributed by atoms with Crippen LogP contribution < -0.4 is 4.74 Å². The second kappa shape index (κ2) is 6.23. The quantitative estimate of drug-likeness (QED) is 0.795. The minimum absolute atomic E-state index is 0.0818. The molecule has 1 saturated heterocycles. The third kappa shape index (κ3) is 4.61. The first kappa shape index (κ1) is 16.1. The average Bonchev–Trinajstić information content (AvgIpc) is 2.29. The van der Waals surface area contributed by atoms with Gasteiger partial charge in [-0.2, -0.15) is 4.98 Å². The molecule has 21 heavy (non-hydrogen) atoms. The summed E-state index contributed by atoms with van der Waals surface area (Å²) >= 11 is 11.6. The molecule has 8 heteroatoms. The highest BCUT2D eigenvalue weighted by molar-refractivity contribution is 6.32. The first-order chi connectivity index (χ1) is 9.74. The fraction of sp³-hybridized carbons (Fsp3) is 0.615. The second-order valence-electron chi connectivity index (χ2n) is 5.85. The molecule has 1 aromatic rings. The van der Waals surface area contributed by atoms with E-state index in [1.165, 1.54) is 6.20 Å². The van der Waals surface area contributed by atoms with Gasteiger partial charge in [0.1, 0.15) is 10.6 Å². The molecule has 1 amide bonds. The van der Waals surface area contributed by atoms with Crippen molar-refractivity contribution in [3.63, 3.8) is 0 Å². The van der Waals surface area contributed by atoms with Gasteiger partial charge in [-0.15, -0.1) is 0 Å². The molecular formula is C13H17Cl2N3O3. The van der Waals surface area contributed by atoms with E-state index in [0.717, 1.165) is 0 Å². The van der Waals surface area contributed by atoms with Crippen LogP contribution in [0.4, 0.5) is 4.79 Å². The van der Waals surface area contributed by atoms with Crippen LogP contribution in [0.2, 0.25) is 10.3 Å². The number of carbonyl (C=O) groups excluding carboxylic acids is 1. The molecule has 1 aliphatic rings. The van der Waals surface area contributed by atoms with Crippen LogP contribution in [-0.2, 0) is 4.74 Å². The van der Waals surface area contributed by atoms with E-state index in [-0.39, 0.29) is 23.2 Å². The number of amides is 1. The number of nitrogens with zero attached hydrogens (tertiary/aromatic N) is 3. The summed E-state index contributed by atoms with van der Waals surface area (Å²) in [6.07, 6.45) is 1.09. The SMILES string of the molecule is CC(C)(C)OC(=O)N1CC(COc2nc(Cl)ncc2Cl)C1. The summed E-state index contributed by atoms with van der Waals surface area (Å²) in [6.45, 7) is 7.10. The Hall–Kier alpha value is -1.27. The Balaban J connectivity index is 1.76. The van der Waals surface area contributed by atoms with Crippen LogP contribution in [-0.4, -0.2) is 46.3 Å². The van der Waals surface area contributed by atoms with Crippen molar-refractivity contribution in [3.05, 3.63) is 16.5 Å². The highest BCUT2D eigenvalue weighted by Crippen LogP contribution is 2.24. The minimum atomic E-state index is -0.482. The molecule has 0 unspecified atom stereocenters. The van der Waals surface area contributed by atoms with Crippen LogP contribution in [0.1, 0.15) is 20.8 Å². The van der Waals surface area contributed by atoms with Gasteiger partial charge >= 0.3 is 6.09 Å². The molecule has 1 fully saturated rings. The summed E-state index contributed by atoms with van der Waals surface area (Å²) in [7, 11) is 0. The van der Waals surface area contributed by atoms with Crippen LogP contribution in [0.3, 0.4) is 0 Å². The summed E-state index contributed by atoms with van der Waals surface area (Å²) in [5.41, 5.74) is -0.482. The molecule has 0 spiro atoms. The van der Waals surface area contributed by atoms with Crippen molar-refractivity contribution < 1.29 is 14.3 Å². The van der Waals surface area contributed by atoms with Crippen LogP contribution in [0, 0.1) is 5.92 Å². The third-order valence-electron chi connectivity index (χ3n) is 2.75. The highest BCUT2D eigenvalue weighted by Gasteiger charge is 2.34. The average molecular weight is 334 g/mol. The number of likely N-dealkylation sites (tertiary alicyclic amines) is 1. The molecule has 0 aromatic carbocycles. The zero-order chi connectivity index (χ0) is 15.6. The zero-order valence-corrected chi connectivity index (χ0v) is 13.6. The molecule has 1 aliphatic heterocycles. The van der Waals surface area contributed by atoms with Gasteiger partial charge < -0.3 is 14.4 Å². The van der Waals surface area contributed by atoms with Gasteiger partial charge in [0.15, 0.2) is 0 Å². The van der Waals surface area contributed by atoms with Gasteiger partial charge in [-0.3, -0.25) is 0 Å². The van der Waals surface area contributed by atoms with E-state index in [9.17, 15) is 4.79 Å². The lowest BCUT2D eigenvalue weighted by Crippen LogP contribution is -2.53. The molecule has 6 nitrogen and oxygen atoms in total. The molecule has 0 bridgehead atoms. The fourth-order valence-corrected chi connectivity index (χ4v) is 2.05. The van der Waals surface area contributed by atoms with E-state index in [1.54, 1.807) is 4.90 Å². The maximum atomic E-state index is 11.8. The Morgan fingerprint density at radius 1 is 1.43 bits per heavy atom. The van der Waals surface area contributed by atoms with Gasteiger partial charge in [0.2, 0.25) is 11.2 Å². The number of aromatic nitrogens is 2. The highest BCUT2D eigenvalue weighted by atomic mass is 35.5. The zero-order valence-electron chi connectivity index (χ0n) is 12.1. The molecule has 0 aliphatic carbocycles. The monoisotopic (exact) mass is 333 g/mol.